The fraction of sp³-hybridized carbons (Fsp3) is 0.211. The van der Waals surface area contributed by atoms with E-state index in [2.05, 4.69) is 15.2 Å². The number of halogens is 3. The molecule has 2 aromatic heterocycles. The van der Waals surface area contributed by atoms with E-state index in [1.807, 2.05) is 12.1 Å². The molecule has 1 N–H and O–H groups in total. The third-order valence-corrected chi connectivity index (χ3v) is 4.56. The van der Waals surface area contributed by atoms with Gasteiger partial charge in [-0.1, -0.05) is 12.1 Å². The van der Waals surface area contributed by atoms with E-state index in [0.29, 0.717) is 12.1 Å². The molecule has 3 heterocycles. The average molecular weight is 387 g/mol. The predicted octanol–water partition coefficient (Wildman–Crippen LogP) is 3.92. The molecule has 0 fully saturated rings. The van der Waals surface area contributed by atoms with Crippen molar-refractivity contribution in [3.63, 3.8) is 0 Å². The zero-order chi connectivity index (χ0) is 19.9. The molecule has 0 bridgehead atoms. The second-order valence-corrected chi connectivity index (χ2v) is 6.45. The van der Waals surface area contributed by atoms with E-state index in [0.717, 1.165) is 23.0 Å². The van der Waals surface area contributed by atoms with Crippen LogP contribution in [-0.2, 0) is 11.0 Å². The average Bonchev–Trinajstić information content (AvgIpc) is 3.40. The molecule has 3 aromatic rings. The third-order valence-electron chi connectivity index (χ3n) is 4.56. The van der Waals surface area contributed by atoms with Crippen molar-refractivity contribution in [3.8, 4) is 5.69 Å². The van der Waals surface area contributed by atoms with Crippen LogP contribution in [0.1, 0.15) is 36.3 Å². The first-order valence-corrected chi connectivity index (χ1v) is 8.57. The van der Waals surface area contributed by atoms with Crippen molar-refractivity contribution < 1.29 is 18.0 Å². The van der Waals surface area contributed by atoms with Crippen molar-refractivity contribution in [1.82, 2.24) is 19.8 Å². The summed E-state index contributed by atoms with van der Waals surface area (Å²) in [4.78, 5) is 15.1. The quantitative estimate of drug-likeness (QED) is 0.740. The number of carbonyl (C=O) groups is 1. The summed E-state index contributed by atoms with van der Waals surface area (Å²) >= 11 is 0. The zero-order valence-corrected chi connectivity index (χ0v) is 14.8. The van der Waals surface area contributed by atoms with E-state index in [4.69, 9.17) is 0 Å². The number of H-pyrrole nitrogens is 1. The lowest BCUT2D eigenvalue weighted by Gasteiger charge is -2.18. The molecule has 0 aliphatic carbocycles. The molecular formula is C19H16F3N5O. The highest BCUT2D eigenvalue weighted by Crippen LogP contribution is 2.32. The van der Waals surface area contributed by atoms with Crippen LogP contribution in [0.25, 0.3) is 5.69 Å². The largest absolute Gasteiger partial charge is 0.435 e. The highest BCUT2D eigenvalue weighted by atomic mass is 19.4. The number of alkyl halides is 3. The first kappa shape index (κ1) is 18.0. The Balaban J connectivity index is 1.58. The number of hydrogen-bond acceptors (Lipinski definition) is 3. The van der Waals surface area contributed by atoms with Crippen LogP contribution in [0.3, 0.4) is 0 Å². The van der Waals surface area contributed by atoms with Crippen LogP contribution in [-0.4, -0.2) is 31.4 Å². The van der Waals surface area contributed by atoms with Crippen LogP contribution < -0.4 is 0 Å². The molecule has 1 aliphatic rings. The van der Waals surface area contributed by atoms with Crippen LogP contribution >= 0.6 is 0 Å². The fourth-order valence-corrected chi connectivity index (χ4v) is 3.19. The third kappa shape index (κ3) is 3.30. The zero-order valence-electron chi connectivity index (χ0n) is 14.8. The number of benzene rings is 1. The van der Waals surface area contributed by atoms with E-state index >= 15 is 0 Å². The van der Waals surface area contributed by atoms with Gasteiger partial charge >= 0.3 is 6.18 Å². The summed E-state index contributed by atoms with van der Waals surface area (Å²) in [6.07, 6.45) is -0.879. The van der Waals surface area contributed by atoms with Gasteiger partial charge in [0.1, 0.15) is 6.04 Å². The number of rotatable bonds is 3. The first-order chi connectivity index (χ1) is 13.3. The Morgan fingerprint density at radius 3 is 2.50 bits per heavy atom. The molecule has 28 heavy (non-hydrogen) atoms. The van der Waals surface area contributed by atoms with Gasteiger partial charge in [-0.3, -0.25) is 4.79 Å². The number of nitrogens with zero attached hydrogens (tertiary/aromatic N) is 4. The van der Waals surface area contributed by atoms with Gasteiger partial charge < -0.3 is 4.98 Å². The summed E-state index contributed by atoms with van der Waals surface area (Å²) in [5.41, 5.74) is 1.98. The van der Waals surface area contributed by atoms with Gasteiger partial charge in [0.25, 0.3) is 0 Å². The SMILES string of the molecule is CC(=O)N1N=C(c2ccc(-n3ccc(C(F)(F)F)n3)cc2)CC1c1ccc[nH]1. The molecule has 6 nitrogen and oxygen atoms in total. The molecular weight excluding hydrogens is 371 g/mol. The maximum Gasteiger partial charge on any atom is 0.435 e. The topological polar surface area (TPSA) is 66.3 Å². The van der Waals surface area contributed by atoms with Crippen LogP contribution in [0.5, 0.6) is 0 Å². The maximum absolute atomic E-state index is 12.7. The Labute approximate surface area is 158 Å². The van der Waals surface area contributed by atoms with Crippen LogP contribution in [0.4, 0.5) is 13.2 Å². The molecule has 1 amide bonds. The minimum absolute atomic E-state index is 0.164. The van der Waals surface area contributed by atoms with Gasteiger partial charge in [0.15, 0.2) is 5.69 Å². The molecule has 144 valence electrons. The smallest absolute Gasteiger partial charge is 0.363 e. The van der Waals surface area contributed by atoms with Crippen molar-refractivity contribution in [2.45, 2.75) is 25.6 Å². The number of aromatic nitrogens is 3. The minimum atomic E-state index is -4.48. The minimum Gasteiger partial charge on any atom is -0.363 e. The fourth-order valence-electron chi connectivity index (χ4n) is 3.19. The van der Waals surface area contributed by atoms with Crippen LogP contribution in [0.15, 0.2) is 60.0 Å². The summed E-state index contributed by atoms with van der Waals surface area (Å²) in [5, 5.41) is 9.45. The van der Waals surface area contributed by atoms with Crippen molar-refractivity contribution in [2.75, 3.05) is 0 Å². The lowest BCUT2D eigenvalue weighted by Crippen LogP contribution is -2.24. The monoisotopic (exact) mass is 387 g/mol. The van der Waals surface area contributed by atoms with E-state index in [1.54, 1.807) is 30.5 Å². The molecule has 1 atom stereocenters. The van der Waals surface area contributed by atoms with Crippen molar-refractivity contribution in [2.24, 2.45) is 5.10 Å². The number of hydrogen-bond donors (Lipinski definition) is 1. The molecule has 9 heteroatoms. The van der Waals surface area contributed by atoms with Crippen molar-refractivity contribution in [3.05, 3.63) is 71.8 Å². The van der Waals surface area contributed by atoms with E-state index < -0.39 is 11.9 Å². The first-order valence-electron chi connectivity index (χ1n) is 8.57. The van der Waals surface area contributed by atoms with Crippen LogP contribution in [0.2, 0.25) is 0 Å². The molecule has 4 rings (SSSR count). The number of hydrazone groups is 1. The Kier molecular flexibility index (Phi) is 4.29. The van der Waals surface area contributed by atoms with Crippen molar-refractivity contribution in [1.29, 1.82) is 0 Å². The van der Waals surface area contributed by atoms with Gasteiger partial charge in [-0.2, -0.15) is 23.4 Å². The lowest BCUT2D eigenvalue weighted by atomic mass is 10.0. The van der Waals surface area contributed by atoms with Gasteiger partial charge in [0.2, 0.25) is 5.91 Å². The highest BCUT2D eigenvalue weighted by Gasteiger charge is 2.34. The standard InChI is InChI=1S/C19H16F3N5O/c1-12(28)27-17(15-3-2-9-23-15)11-16(24-27)13-4-6-14(7-5-13)26-10-8-18(25-26)19(20,21)22/h2-10,17,23H,11H2,1H3. The van der Waals surface area contributed by atoms with Gasteiger partial charge in [0.05, 0.1) is 11.4 Å². The van der Waals surface area contributed by atoms with E-state index in [1.165, 1.54) is 22.8 Å². The van der Waals surface area contributed by atoms with Crippen molar-refractivity contribution >= 4 is 11.6 Å². The molecule has 1 unspecified atom stereocenters. The number of amides is 1. The van der Waals surface area contributed by atoms with E-state index in [9.17, 15) is 18.0 Å². The summed E-state index contributed by atoms with van der Waals surface area (Å²) in [6, 6.07) is 11.4. The summed E-state index contributed by atoms with van der Waals surface area (Å²) < 4.78 is 39.3. The summed E-state index contributed by atoms with van der Waals surface area (Å²) in [7, 11) is 0. The lowest BCUT2D eigenvalue weighted by molar-refractivity contribution is -0.141. The predicted molar refractivity (Wildman–Crippen MR) is 95.8 cm³/mol. The second-order valence-electron chi connectivity index (χ2n) is 6.45. The van der Waals surface area contributed by atoms with Gasteiger partial charge in [-0.25, -0.2) is 9.69 Å². The Hall–Kier alpha value is -3.36. The van der Waals surface area contributed by atoms with E-state index in [-0.39, 0.29) is 11.9 Å². The molecule has 0 saturated carbocycles. The second kappa shape index (κ2) is 6.66. The Bertz CT molecular complexity index is 1020. The van der Waals surface area contributed by atoms with Crippen LogP contribution in [0, 0.1) is 0 Å². The van der Waals surface area contributed by atoms with Gasteiger partial charge in [-0.05, 0) is 35.9 Å². The molecule has 0 radical (unpaired) electrons. The van der Waals surface area contributed by atoms with Gasteiger partial charge in [0, 0.05) is 31.4 Å². The summed E-state index contributed by atoms with van der Waals surface area (Å²) in [6.45, 7) is 1.46. The Morgan fingerprint density at radius 1 is 1.18 bits per heavy atom. The maximum atomic E-state index is 12.7. The highest BCUT2D eigenvalue weighted by molar-refractivity contribution is 6.03. The molecule has 0 saturated heterocycles. The number of aromatic amines is 1. The molecule has 0 spiro atoms. The number of carbonyl (C=O) groups excluding carboxylic acids is 1. The van der Waals surface area contributed by atoms with Gasteiger partial charge in [-0.15, -0.1) is 0 Å². The number of nitrogens with one attached hydrogen (secondary N) is 1. The molecule has 1 aromatic carbocycles. The molecule has 1 aliphatic heterocycles. The normalized spacial score (nSPS) is 17.1. The Morgan fingerprint density at radius 2 is 1.93 bits per heavy atom. The summed E-state index contributed by atoms with van der Waals surface area (Å²) in [5.74, 6) is -0.164.